The lowest BCUT2D eigenvalue weighted by atomic mass is 10.00. The summed E-state index contributed by atoms with van der Waals surface area (Å²) in [6.45, 7) is 1.13. The van der Waals surface area contributed by atoms with E-state index in [2.05, 4.69) is 15.0 Å². The SMILES string of the molecule is O=C1N[C@@H](c2ccc(N3CCCC3)cc2)C(F)(F)CO1. The van der Waals surface area contributed by atoms with Crippen LogP contribution in [0, 0.1) is 0 Å². The van der Waals surface area contributed by atoms with E-state index >= 15 is 0 Å². The summed E-state index contributed by atoms with van der Waals surface area (Å²) in [6, 6.07) is 5.64. The summed E-state index contributed by atoms with van der Waals surface area (Å²) in [5.74, 6) is -3.09. The number of alkyl halides is 2. The fourth-order valence-electron chi connectivity index (χ4n) is 2.69. The lowest BCUT2D eigenvalue weighted by Gasteiger charge is -2.32. The van der Waals surface area contributed by atoms with Crippen molar-refractivity contribution in [2.75, 3.05) is 24.6 Å². The number of anilines is 1. The summed E-state index contributed by atoms with van der Waals surface area (Å²) >= 11 is 0. The van der Waals surface area contributed by atoms with E-state index in [0.29, 0.717) is 5.56 Å². The number of halogens is 2. The highest BCUT2D eigenvalue weighted by atomic mass is 19.3. The van der Waals surface area contributed by atoms with Crippen molar-refractivity contribution in [3.8, 4) is 0 Å². The normalized spacial score (nSPS) is 25.2. The number of benzene rings is 1. The molecule has 0 aliphatic carbocycles. The zero-order chi connectivity index (χ0) is 14.2. The van der Waals surface area contributed by atoms with Crippen LogP contribution >= 0.6 is 0 Å². The minimum atomic E-state index is -3.09. The predicted octanol–water partition coefficient (Wildman–Crippen LogP) is 2.70. The Morgan fingerprint density at radius 2 is 1.85 bits per heavy atom. The van der Waals surface area contributed by atoms with Crippen LogP contribution in [0.15, 0.2) is 24.3 Å². The molecule has 0 spiro atoms. The van der Waals surface area contributed by atoms with Crippen LogP contribution in [-0.4, -0.2) is 31.7 Å². The van der Waals surface area contributed by atoms with Crippen molar-refractivity contribution in [2.45, 2.75) is 24.8 Å². The Morgan fingerprint density at radius 3 is 2.50 bits per heavy atom. The van der Waals surface area contributed by atoms with Crippen LogP contribution in [0.2, 0.25) is 0 Å². The van der Waals surface area contributed by atoms with Gasteiger partial charge in [0.1, 0.15) is 6.04 Å². The molecule has 0 aromatic heterocycles. The zero-order valence-electron chi connectivity index (χ0n) is 10.9. The summed E-state index contributed by atoms with van der Waals surface area (Å²) in [7, 11) is 0. The third kappa shape index (κ3) is 2.42. The van der Waals surface area contributed by atoms with Crippen LogP contribution in [0.5, 0.6) is 0 Å². The van der Waals surface area contributed by atoms with Crippen LogP contribution in [0.4, 0.5) is 19.3 Å². The fraction of sp³-hybridized carbons (Fsp3) is 0.500. The Kier molecular flexibility index (Phi) is 3.23. The predicted molar refractivity (Wildman–Crippen MR) is 70.1 cm³/mol. The van der Waals surface area contributed by atoms with E-state index in [1.54, 1.807) is 12.1 Å². The first-order valence-corrected chi connectivity index (χ1v) is 6.72. The number of nitrogens with zero attached hydrogens (tertiary/aromatic N) is 1. The van der Waals surface area contributed by atoms with Gasteiger partial charge in [-0.1, -0.05) is 12.1 Å². The Morgan fingerprint density at radius 1 is 1.20 bits per heavy atom. The number of cyclic esters (lactones) is 1. The molecule has 2 saturated heterocycles. The van der Waals surface area contributed by atoms with Gasteiger partial charge in [-0.2, -0.15) is 0 Å². The van der Waals surface area contributed by atoms with E-state index in [9.17, 15) is 13.6 Å². The maximum absolute atomic E-state index is 13.8. The number of hydrogen-bond acceptors (Lipinski definition) is 3. The highest BCUT2D eigenvalue weighted by Crippen LogP contribution is 2.35. The number of carbonyl (C=O) groups is 1. The molecule has 108 valence electrons. The molecule has 0 saturated carbocycles. The van der Waals surface area contributed by atoms with Crippen molar-refractivity contribution in [3.05, 3.63) is 29.8 Å². The Bertz CT molecular complexity index is 498. The standard InChI is InChI=1S/C14H16F2N2O2/c15-14(16)9-20-13(19)17-12(14)10-3-5-11(6-4-10)18-7-1-2-8-18/h3-6,12H,1-2,7-9H2,(H,17,19)/t12-/m0/s1. The molecule has 0 radical (unpaired) electrons. The highest BCUT2D eigenvalue weighted by Gasteiger charge is 2.46. The van der Waals surface area contributed by atoms with E-state index in [1.807, 2.05) is 12.1 Å². The van der Waals surface area contributed by atoms with Crippen LogP contribution in [0.1, 0.15) is 24.4 Å². The van der Waals surface area contributed by atoms with Gasteiger partial charge in [-0.25, -0.2) is 13.6 Å². The second-order valence-corrected chi connectivity index (χ2v) is 5.20. The number of nitrogens with one attached hydrogen (secondary N) is 1. The summed E-state index contributed by atoms with van der Waals surface area (Å²) < 4.78 is 31.9. The van der Waals surface area contributed by atoms with Gasteiger partial charge in [-0.05, 0) is 30.5 Å². The monoisotopic (exact) mass is 282 g/mol. The first-order valence-electron chi connectivity index (χ1n) is 6.72. The summed E-state index contributed by atoms with van der Waals surface area (Å²) in [5.41, 5.74) is 1.43. The van der Waals surface area contributed by atoms with Crippen molar-refractivity contribution in [1.82, 2.24) is 5.32 Å². The van der Waals surface area contributed by atoms with Crippen LogP contribution in [0.25, 0.3) is 0 Å². The molecule has 0 bridgehead atoms. The Balaban J connectivity index is 1.80. The molecule has 2 aliphatic rings. The molecule has 2 aliphatic heterocycles. The molecule has 2 heterocycles. The van der Waals surface area contributed by atoms with Crippen LogP contribution in [0.3, 0.4) is 0 Å². The Hall–Kier alpha value is -1.85. The molecule has 6 heteroatoms. The van der Waals surface area contributed by atoms with Crippen molar-refractivity contribution in [1.29, 1.82) is 0 Å². The minimum absolute atomic E-state index is 0.398. The lowest BCUT2D eigenvalue weighted by molar-refractivity contribution is -0.104. The molecular formula is C14H16F2N2O2. The molecule has 1 amide bonds. The third-order valence-electron chi connectivity index (χ3n) is 3.78. The third-order valence-corrected chi connectivity index (χ3v) is 3.78. The molecule has 0 unspecified atom stereocenters. The Labute approximate surface area is 115 Å². The average molecular weight is 282 g/mol. The fourth-order valence-corrected chi connectivity index (χ4v) is 2.69. The first kappa shape index (κ1) is 13.1. The summed E-state index contributed by atoms with van der Waals surface area (Å²) in [5, 5.41) is 2.19. The summed E-state index contributed by atoms with van der Waals surface area (Å²) in [4.78, 5) is 13.4. The van der Waals surface area contributed by atoms with Gasteiger partial charge in [-0.3, -0.25) is 0 Å². The van der Waals surface area contributed by atoms with Gasteiger partial charge in [0.05, 0.1) is 0 Å². The van der Waals surface area contributed by atoms with Crippen molar-refractivity contribution in [2.24, 2.45) is 0 Å². The second kappa shape index (κ2) is 4.92. The number of amides is 1. The minimum Gasteiger partial charge on any atom is -0.443 e. The quantitative estimate of drug-likeness (QED) is 0.906. The smallest absolute Gasteiger partial charge is 0.408 e. The van der Waals surface area contributed by atoms with Crippen LogP contribution < -0.4 is 10.2 Å². The van der Waals surface area contributed by atoms with Gasteiger partial charge < -0.3 is 15.0 Å². The van der Waals surface area contributed by atoms with Gasteiger partial charge in [0.2, 0.25) is 0 Å². The number of ether oxygens (including phenoxy) is 1. The van der Waals surface area contributed by atoms with Crippen molar-refractivity contribution < 1.29 is 18.3 Å². The number of hydrogen-bond donors (Lipinski definition) is 1. The molecule has 1 N–H and O–H groups in total. The topological polar surface area (TPSA) is 41.6 Å². The van der Waals surface area contributed by atoms with E-state index in [-0.39, 0.29) is 0 Å². The van der Waals surface area contributed by atoms with E-state index in [1.165, 1.54) is 0 Å². The van der Waals surface area contributed by atoms with Crippen LogP contribution in [-0.2, 0) is 4.74 Å². The zero-order valence-corrected chi connectivity index (χ0v) is 10.9. The summed E-state index contributed by atoms with van der Waals surface area (Å²) in [6.07, 6.45) is 1.52. The van der Waals surface area contributed by atoms with Crippen molar-refractivity contribution >= 4 is 11.8 Å². The second-order valence-electron chi connectivity index (χ2n) is 5.20. The van der Waals surface area contributed by atoms with Gasteiger partial charge in [-0.15, -0.1) is 0 Å². The maximum atomic E-state index is 13.8. The van der Waals surface area contributed by atoms with E-state index < -0.39 is 24.7 Å². The van der Waals surface area contributed by atoms with E-state index in [0.717, 1.165) is 31.6 Å². The number of alkyl carbamates (subject to hydrolysis) is 1. The highest BCUT2D eigenvalue weighted by molar-refractivity contribution is 5.69. The molecule has 1 aromatic rings. The van der Waals surface area contributed by atoms with Gasteiger partial charge in [0.25, 0.3) is 0 Å². The first-order chi connectivity index (χ1) is 9.56. The number of rotatable bonds is 2. The number of carbonyl (C=O) groups excluding carboxylic acids is 1. The molecular weight excluding hydrogens is 266 g/mol. The van der Waals surface area contributed by atoms with Gasteiger partial charge in [0.15, 0.2) is 6.61 Å². The van der Waals surface area contributed by atoms with Gasteiger partial charge >= 0.3 is 12.0 Å². The molecule has 2 fully saturated rings. The molecule has 4 nitrogen and oxygen atoms in total. The molecule has 3 rings (SSSR count). The molecule has 1 atom stereocenters. The average Bonchev–Trinajstić information content (AvgIpc) is 2.96. The largest absolute Gasteiger partial charge is 0.443 e. The van der Waals surface area contributed by atoms with Gasteiger partial charge in [0, 0.05) is 18.8 Å². The maximum Gasteiger partial charge on any atom is 0.408 e. The molecule has 20 heavy (non-hydrogen) atoms. The lowest BCUT2D eigenvalue weighted by Crippen LogP contribution is -2.49. The van der Waals surface area contributed by atoms with Crippen molar-refractivity contribution in [3.63, 3.8) is 0 Å². The van der Waals surface area contributed by atoms with E-state index in [4.69, 9.17) is 0 Å². The molecule has 1 aromatic carbocycles.